The molecule has 0 aliphatic rings. The van der Waals surface area contributed by atoms with Crippen LogP contribution in [0, 0.1) is 17.7 Å². The van der Waals surface area contributed by atoms with Gasteiger partial charge in [-0.2, -0.15) is 0 Å². The van der Waals surface area contributed by atoms with Crippen molar-refractivity contribution in [2.75, 3.05) is 6.54 Å². The molecule has 0 radical (unpaired) electrons. The van der Waals surface area contributed by atoms with Crippen LogP contribution < -0.4 is 5.73 Å². The summed E-state index contributed by atoms with van der Waals surface area (Å²) in [6.45, 7) is 0.956. The molecule has 0 aliphatic heterocycles. The predicted molar refractivity (Wildman–Crippen MR) is 82.3 cm³/mol. The summed E-state index contributed by atoms with van der Waals surface area (Å²) in [4.78, 5) is 0. The summed E-state index contributed by atoms with van der Waals surface area (Å²) in [5.41, 5.74) is 7.68. The number of halogens is 2. The predicted octanol–water partition coefficient (Wildman–Crippen LogP) is 3.51. The van der Waals surface area contributed by atoms with Gasteiger partial charge in [-0.25, -0.2) is 4.39 Å². The topological polar surface area (TPSA) is 35.2 Å². The molecule has 0 unspecified atom stereocenters. The summed E-state index contributed by atoms with van der Waals surface area (Å²) in [5.74, 6) is 5.25. The fourth-order valence-corrected chi connectivity index (χ4v) is 2.01. The highest BCUT2D eigenvalue weighted by atomic mass is 35.5. The van der Waals surface area contributed by atoms with E-state index in [0.717, 1.165) is 11.1 Å². The summed E-state index contributed by atoms with van der Waals surface area (Å²) in [6.07, 6.45) is 0. The van der Waals surface area contributed by atoms with Crippen LogP contribution in [0.3, 0.4) is 0 Å². The van der Waals surface area contributed by atoms with E-state index in [1.54, 1.807) is 6.07 Å². The van der Waals surface area contributed by atoms with Gasteiger partial charge in [0.1, 0.15) is 5.82 Å². The quantitative estimate of drug-likeness (QED) is 0.877. The monoisotopic (exact) mass is 303 g/mol. The SMILES string of the molecule is NCC#Cc1cc(F)ccc1COCc1ccccc1Cl. The van der Waals surface area contributed by atoms with Crippen LogP contribution in [0.25, 0.3) is 0 Å². The zero-order valence-electron chi connectivity index (χ0n) is 11.4. The van der Waals surface area contributed by atoms with E-state index in [9.17, 15) is 4.39 Å². The lowest BCUT2D eigenvalue weighted by molar-refractivity contribution is 0.107. The van der Waals surface area contributed by atoms with E-state index in [2.05, 4.69) is 11.8 Å². The molecular weight excluding hydrogens is 289 g/mol. The molecule has 0 aliphatic carbocycles. The number of benzene rings is 2. The average molecular weight is 304 g/mol. The highest BCUT2D eigenvalue weighted by molar-refractivity contribution is 6.31. The lowest BCUT2D eigenvalue weighted by atomic mass is 10.1. The first-order chi connectivity index (χ1) is 10.2. The minimum absolute atomic E-state index is 0.233. The molecule has 0 bridgehead atoms. The Bertz CT molecular complexity index is 676. The van der Waals surface area contributed by atoms with Crippen molar-refractivity contribution >= 4 is 11.6 Å². The van der Waals surface area contributed by atoms with Gasteiger partial charge in [0.05, 0.1) is 19.8 Å². The van der Waals surface area contributed by atoms with E-state index < -0.39 is 0 Å². The third-order valence-electron chi connectivity index (χ3n) is 2.87. The molecule has 0 saturated carbocycles. The van der Waals surface area contributed by atoms with E-state index in [1.807, 2.05) is 24.3 Å². The van der Waals surface area contributed by atoms with Gasteiger partial charge in [-0.1, -0.05) is 47.7 Å². The Hall–Kier alpha value is -1.86. The van der Waals surface area contributed by atoms with Crippen molar-refractivity contribution in [3.8, 4) is 11.8 Å². The maximum absolute atomic E-state index is 13.3. The van der Waals surface area contributed by atoms with E-state index in [0.29, 0.717) is 23.8 Å². The summed E-state index contributed by atoms with van der Waals surface area (Å²) in [7, 11) is 0. The first-order valence-electron chi connectivity index (χ1n) is 6.49. The number of rotatable bonds is 4. The third kappa shape index (κ3) is 4.57. The summed E-state index contributed by atoms with van der Waals surface area (Å²) in [5, 5.41) is 0.666. The second-order valence-corrected chi connectivity index (χ2v) is 4.80. The van der Waals surface area contributed by atoms with Crippen LogP contribution in [0.1, 0.15) is 16.7 Å². The lowest BCUT2D eigenvalue weighted by Crippen LogP contribution is -1.99. The molecule has 2 rings (SSSR count). The van der Waals surface area contributed by atoms with Crippen molar-refractivity contribution in [1.29, 1.82) is 0 Å². The average Bonchev–Trinajstić information content (AvgIpc) is 2.49. The maximum Gasteiger partial charge on any atom is 0.124 e. The molecule has 0 amide bonds. The van der Waals surface area contributed by atoms with Gasteiger partial charge < -0.3 is 10.5 Å². The van der Waals surface area contributed by atoms with Gasteiger partial charge in [-0.05, 0) is 29.3 Å². The zero-order chi connectivity index (χ0) is 15.1. The van der Waals surface area contributed by atoms with Gasteiger partial charge in [-0.15, -0.1) is 0 Å². The van der Waals surface area contributed by atoms with Crippen LogP contribution in [0.15, 0.2) is 42.5 Å². The Balaban J connectivity index is 2.05. The van der Waals surface area contributed by atoms with Crippen LogP contribution >= 0.6 is 11.6 Å². The summed E-state index contributed by atoms with van der Waals surface area (Å²) >= 11 is 6.06. The first-order valence-corrected chi connectivity index (χ1v) is 6.87. The van der Waals surface area contributed by atoms with Crippen molar-refractivity contribution < 1.29 is 9.13 Å². The number of hydrogen-bond acceptors (Lipinski definition) is 2. The third-order valence-corrected chi connectivity index (χ3v) is 3.24. The Morgan fingerprint density at radius 2 is 1.86 bits per heavy atom. The van der Waals surface area contributed by atoms with Crippen LogP contribution in [-0.2, 0) is 18.0 Å². The van der Waals surface area contributed by atoms with Crippen molar-refractivity contribution in [1.82, 2.24) is 0 Å². The van der Waals surface area contributed by atoms with E-state index in [4.69, 9.17) is 22.1 Å². The Kier molecular flexibility index (Phi) is 5.77. The minimum Gasteiger partial charge on any atom is -0.372 e. The van der Waals surface area contributed by atoms with Crippen LogP contribution in [0.5, 0.6) is 0 Å². The van der Waals surface area contributed by atoms with Gasteiger partial charge in [0, 0.05) is 10.6 Å². The second-order valence-electron chi connectivity index (χ2n) is 4.39. The van der Waals surface area contributed by atoms with Crippen molar-refractivity contribution in [2.45, 2.75) is 13.2 Å². The highest BCUT2D eigenvalue weighted by Crippen LogP contribution is 2.17. The lowest BCUT2D eigenvalue weighted by Gasteiger charge is -2.08. The van der Waals surface area contributed by atoms with Crippen molar-refractivity contribution in [3.63, 3.8) is 0 Å². The molecule has 0 spiro atoms. The minimum atomic E-state index is -0.328. The second kappa shape index (κ2) is 7.80. The Labute approximate surface area is 128 Å². The molecule has 0 heterocycles. The van der Waals surface area contributed by atoms with Gasteiger partial charge >= 0.3 is 0 Å². The summed E-state index contributed by atoms with van der Waals surface area (Å²) in [6, 6.07) is 11.9. The van der Waals surface area contributed by atoms with E-state index >= 15 is 0 Å². The van der Waals surface area contributed by atoms with E-state index in [1.165, 1.54) is 12.1 Å². The fraction of sp³-hybridized carbons (Fsp3) is 0.176. The molecule has 0 fully saturated rings. The normalized spacial score (nSPS) is 10.0. The molecular formula is C17H15ClFNO. The molecule has 2 nitrogen and oxygen atoms in total. The van der Waals surface area contributed by atoms with Gasteiger partial charge in [0.15, 0.2) is 0 Å². The highest BCUT2D eigenvalue weighted by Gasteiger charge is 2.04. The Morgan fingerprint density at radius 1 is 1.10 bits per heavy atom. The summed E-state index contributed by atoms with van der Waals surface area (Å²) < 4.78 is 18.9. The number of hydrogen-bond donors (Lipinski definition) is 1. The first kappa shape index (κ1) is 15.5. The van der Waals surface area contributed by atoms with Crippen molar-refractivity contribution in [3.05, 3.63) is 70.0 Å². The molecule has 0 atom stereocenters. The maximum atomic E-state index is 13.3. The molecule has 2 aromatic rings. The molecule has 0 aromatic heterocycles. The Morgan fingerprint density at radius 3 is 2.62 bits per heavy atom. The number of nitrogens with two attached hydrogens (primary N) is 1. The van der Waals surface area contributed by atoms with Gasteiger partial charge in [-0.3, -0.25) is 0 Å². The molecule has 4 heteroatoms. The standard InChI is InChI=1S/C17H15ClFNO/c18-17-6-2-1-4-15(17)12-21-11-14-7-8-16(19)10-13(14)5-3-9-20/h1-2,4,6-8,10H,9,11-12,20H2. The molecule has 2 N–H and O–H groups in total. The fourth-order valence-electron chi connectivity index (χ4n) is 1.82. The van der Waals surface area contributed by atoms with Gasteiger partial charge in [0.2, 0.25) is 0 Å². The molecule has 108 valence electrons. The van der Waals surface area contributed by atoms with Crippen molar-refractivity contribution in [2.24, 2.45) is 5.73 Å². The molecule has 0 saturated heterocycles. The smallest absolute Gasteiger partial charge is 0.124 e. The zero-order valence-corrected chi connectivity index (χ0v) is 12.2. The molecule has 2 aromatic carbocycles. The van der Waals surface area contributed by atoms with Crippen LogP contribution in [-0.4, -0.2) is 6.54 Å². The molecule has 21 heavy (non-hydrogen) atoms. The van der Waals surface area contributed by atoms with Crippen LogP contribution in [0.4, 0.5) is 4.39 Å². The van der Waals surface area contributed by atoms with Crippen LogP contribution in [0.2, 0.25) is 5.02 Å². The largest absolute Gasteiger partial charge is 0.372 e. The number of ether oxygens (including phenoxy) is 1. The van der Waals surface area contributed by atoms with Gasteiger partial charge in [0.25, 0.3) is 0 Å². The van der Waals surface area contributed by atoms with E-state index in [-0.39, 0.29) is 12.4 Å².